The second-order valence-electron chi connectivity index (χ2n) is 7.12. The normalized spacial score (nSPS) is 25.6. The van der Waals surface area contributed by atoms with Gasteiger partial charge in [-0.3, -0.25) is 0 Å². The summed E-state index contributed by atoms with van der Waals surface area (Å²) in [6.45, 7) is -0.767. The summed E-state index contributed by atoms with van der Waals surface area (Å²) in [5, 5.41) is 58.7. The summed E-state index contributed by atoms with van der Waals surface area (Å²) < 4.78 is 15.7. The zero-order chi connectivity index (χ0) is 23.3. The van der Waals surface area contributed by atoms with Crippen LogP contribution >= 0.6 is 0 Å². The molecule has 0 bridgehead atoms. The molecule has 0 aromatic heterocycles. The number of para-hydroxylation sites is 1. The molecule has 1 fully saturated rings. The molecule has 1 saturated heterocycles. The van der Waals surface area contributed by atoms with Gasteiger partial charge in [0.25, 0.3) is 0 Å². The second-order valence-corrected chi connectivity index (χ2v) is 7.12. The molecule has 5 atom stereocenters. The monoisotopic (exact) mass is 448 g/mol. The number of esters is 1. The van der Waals surface area contributed by atoms with E-state index in [1.54, 1.807) is 18.2 Å². The Bertz CT molecular complexity index is 957. The largest absolute Gasteiger partial charge is 0.507 e. The Labute approximate surface area is 183 Å². The Morgan fingerprint density at radius 1 is 1.00 bits per heavy atom. The molecule has 0 amide bonds. The molecule has 0 radical (unpaired) electrons. The van der Waals surface area contributed by atoms with Crippen molar-refractivity contribution in [1.29, 1.82) is 0 Å². The summed E-state index contributed by atoms with van der Waals surface area (Å²) >= 11 is 0. The van der Waals surface area contributed by atoms with Gasteiger partial charge in [0.1, 0.15) is 36.8 Å². The summed E-state index contributed by atoms with van der Waals surface area (Å²) in [6, 6.07) is 10.6. The average molecular weight is 448 g/mol. The van der Waals surface area contributed by atoms with E-state index in [2.05, 4.69) is 0 Å². The molecule has 0 saturated carbocycles. The summed E-state index contributed by atoms with van der Waals surface area (Å²) in [7, 11) is 0. The maximum Gasteiger partial charge on any atom is 0.331 e. The average Bonchev–Trinajstić information content (AvgIpc) is 2.78. The number of hydrogen-bond acceptors (Lipinski definition) is 10. The van der Waals surface area contributed by atoms with E-state index in [-0.39, 0.29) is 23.9 Å². The van der Waals surface area contributed by atoms with E-state index in [4.69, 9.17) is 14.2 Å². The molecule has 0 aliphatic carbocycles. The fourth-order valence-electron chi connectivity index (χ4n) is 3.03. The Balaban J connectivity index is 1.58. The van der Waals surface area contributed by atoms with E-state index in [0.717, 1.165) is 6.08 Å². The second kappa shape index (κ2) is 10.4. The Hall–Kier alpha value is -3.15. The number of rotatable bonds is 7. The van der Waals surface area contributed by atoms with Crippen LogP contribution in [0.4, 0.5) is 0 Å². The highest BCUT2D eigenvalue weighted by molar-refractivity contribution is 5.87. The van der Waals surface area contributed by atoms with Gasteiger partial charge in [-0.1, -0.05) is 24.3 Å². The number of aliphatic hydroxyl groups is 4. The van der Waals surface area contributed by atoms with Gasteiger partial charge in [0.15, 0.2) is 11.5 Å². The lowest BCUT2D eigenvalue weighted by molar-refractivity contribution is -0.277. The maximum atomic E-state index is 11.9. The lowest BCUT2D eigenvalue weighted by Crippen LogP contribution is -2.60. The lowest BCUT2D eigenvalue weighted by Gasteiger charge is -2.39. The first kappa shape index (κ1) is 23.5. The number of aliphatic hydroxyl groups excluding tert-OH is 4. The quantitative estimate of drug-likeness (QED) is 0.251. The topological polar surface area (TPSA) is 166 Å². The van der Waals surface area contributed by atoms with Crippen LogP contribution in [0.2, 0.25) is 0 Å². The van der Waals surface area contributed by atoms with Gasteiger partial charge in [-0.2, -0.15) is 0 Å². The molecule has 2 aromatic carbocycles. The third-order valence-electron chi connectivity index (χ3n) is 4.83. The van der Waals surface area contributed by atoms with Crippen LogP contribution in [0.3, 0.4) is 0 Å². The molecule has 1 heterocycles. The molecule has 32 heavy (non-hydrogen) atoms. The van der Waals surface area contributed by atoms with Crippen LogP contribution in [-0.2, 0) is 20.9 Å². The number of benzene rings is 2. The van der Waals surface area contributed by atoms with Crippen molar-refractivity contribution in [2.75, 3.05) is 6.61 Å². The molecule has 172 valence electrons. The smallest absolute Gasteiger partial charge is 0.331 e. The molecular weight excluding hydrogens is 424 g/mol. The van der Waals surface area contributed by atoms with Crippen molar-refractivity contribution < 1.29 is 49.6 Å². The lowest BCUT2D eigenvalue weighted by atomic mass is 9.99. The SMILES string of the molecule is O=C(C=Cc1ccccc1O)OCc1ccc(OC2OC(CO)C(O)C(O)C2O)c(O)c1. The number of hydrogen-bond donors (Lipinski definition) is 6. The van der Waals surface area contributed by atoms with Crippen LogP contribution in [0.1, 0.15) is 11.1 Å². The molecule has 0 spiro atoms. The fraction of sp³-hybridized carbons (Fsp3) is 0.318. The minimum absolute atomic E-state index is 0.0245. The molecule has 5 unspecified atom stereocenters. The van der Waals surface area contributed by atoms with Crippen LogP contribution in [-0.4, -0.2) is 73.9 Å². The van der Waals surface area contributed by atoms with Crippen molar-refractivity contribution in [3.63, 3.8) is 0 Å². The zero-order valence-corrected chi connectivity index (χ0v) is 16.8. The van der Waals surface area contributed by atoms with Gasteiger partial charge in [-0.15, -0.1) is 0 Å². The van der Waals surface area contributed by atoms with Gasteiger partial charge >= 0.3 is 5.97 Å². The number of phenolic OH excluding ortho intramolecular Hbond substituents is 2. The highest BCUT2D eigenvalue weighted by atomic mass is 16.7. The molecule has 6 N–H and O–H groups in total. The van der Waals surface area contributed by atoms with Crippen LogP contribution in [0, 0.1) is 0 Å². The maximum absolute atomic E-state index is 11.9. The summed E-state index contributed by atoms with van der Waals surface area (Å²) in [5.74, 6) is -1.07. The van der Waals surface area contributed by atoms with Gasteiger partial charge in [0.05, 0.1) is 6.61 Å². The van der Waals surface area contributed by atoms with Gasteiger partial charge in [-0.25, -0.2) is 4.79 Å². The van der Waals surface area contributed by atoms with E-state index in [1.165, 1.54) is 30.3 Å². The number of aromatic hydroxyl groups is 2. The minimum Gasteiger partial charge on any atom is -0.507 e. The number of carbonyl (C=O) groups is 1. The number of phenols is 2. The summed E-state index contributed by atoms with van der Waals surface area (Å²) in [6.07, 6.45) is -4.79. The molecule has 1 aliphatic heterocycles. The third kappa shape index (κ3) is 5.55. The molecule has 10 nitrogen and oxygen atoms in total. The Morgan fingerprint density at radius 2 is 1.75 bits per heavy atom. The molecule has 10 heteroatoms. The van der Waals surface area contributed by atoms with Gasteiger partial charge in [0.2, 0.25) is 6.29 Å². The summed E-state index contributed by atoms with van der Waals surface area (Å²) in [5.41, 5.74) is 0.893. The predicted octanol–water partition coefficient (Wildman–Crippen LogP) is 0.0331. The highest BCUT2D eigenvalue weighted by Gasteiger charge is 2.44. The van der Waals surface area contributed by atoms with E-state index >= 15 is 0 Å². The fourth-order valence-corrected chi connectivity index (χ4v) is 3.03. The van der Waals surface area contributed by atoms with E-state index in [1.807, 2.05) is 0 Å². The van der Waals surface area contributed by atoms with Crippen LogP contribution in [0.5, 0.6) is 17.2 Å². The molecular formula is C22H24O10. The van der Waals surface area contributed by atoms with Gasteiger partial charge in [-0.05, 0) is 29.8 Å². The first-order chi connectivity index (χ1) is 15.3. The third-order valence-corrected chi connectivity index (χ3v) is 4.83. The van der Waals surface area contributed by atoms with Crippen LogP contribution < -0.4 is 4.74 Å². The number of ether oxygens (including phenoxy) is 3. The van der Waals surface area contributed by atoms with Gasteiger partial charge < -0.3 is 44.8 Å². The predicted molar refractivity (Wildman–Crippen MR) is 109 cm³/mol. The summed E-state index contributed by atoms with van der Waals surface area (Å²) in [4.78, 5) is 11.9. The van der Waals surface area contributed by atoms with Gasteiger partial charge in [0, 0.05) is 11.6 Å². The van der Waals surface area contributed by atoms with E-state index < -0.39 is 43.3 Å². The van der Waals surface area contributed by atoms with Crippen molar-refractivity contribution in [3.05, 3.63) is 59.7 Å². The Kier molecular flexibility index (Phi) is 7.67. The van der Waals surface area contributed by atoms with Crippen molar-refractivity contribution in [3.8, 4) is 17.2 Å². The van der Waals surface area contributed by atoms with Crippen LogP contribution in [0.15, 0.2) is 48.5 Å². The van der Waals surface area contributed by atoms with E-state index in [0.29, 0.717) is 11.1 Å². The standard InChI is InChI=1S/C22H24O10/c23-10-17-19(27)20(28)21(29)22(32-17)31-16-7-5-12(9-15(16)25)11-30-18(26)8-6-13-3-1-2-4-14(13)24/h1-9,17,19-25,27-29H,10-11H2. The number of carbonyl (C=O) groups excluding carboxylic acids is 1. The molecule has 1 aliphatic rings. The highest BCUT2D eigenvalue weighted by Crippen LogP contribution is 2.31. The zero-order valence-electron chi connectivity index (χ0n) is 16.8. The van der Waals surface area contributed by atoms with E-state index in [9.17, 15) is 35.4 Å². The van der Waals surface area contributed by atoms with Crippen molar-refractivity contribution in [2.24, 2.45) is 0 Å². The van der Waals surface area contributed by atoms with Crippen molar-refractivity contribution in [2.45, 2.75) is 37.3 Å². The molecule has 2 aromatic rings. The van der Waals surface area contributed by atoms with Crippen molar-refractivity contribution in [1.82, 2.24) is 0 Å². The van der Waals surface area contributed by atoms with Crippen molar-refractivity contribution >= 4 is 12.0 Å². The Morgan fingerprint density at radius 3 is 2.44 bits per heavy atom. The first-order valence-electron chi connectivity index (χ1n) is 9.72. The minimum atomic E-state index is -1.62. The first-order valence-corrected chi connectivity index (χ1v) is 9.72. The molecule has 3 rings (SSSR count). The van der Waals surface area contributed by atoms with Crippen LogP contribution in [0.25, 0.3) is 6.08 Å².